The van der Waals surface area contributed by atoms with E-state index in [-0.39, 0.29) is 0 Å². The van der Waals surface area contributed by atoms with Crippen LogP contribution in [0.4, 0.5) is 0 Å². The maximum atomic E-state index is 8.21. The Balaban J connectivity index is 2.61. The van der Waals surface area contributed by atoms with Crippen molar-refractivity contribution >= 4 is 5.71 Å². The number of nitrogens with zero attached hydrogens (tertiary/aromatic N) is 3. The lowest BCUT2D eigenvalue weighted by Crippen LogP contribution is -2.04. The minimum absolute atomic E-state index is 0.396. The largest absolute Gasteiger partial charge is 0.298 e. The second kappa shape index (κ2) is 1.83. The molecular weight excluding hydrogens is 102 g/mol. The van der Waals surface area contributed by atoms with Crippen molar-refractivity contribution in [2.45, 2.75) is 0 Å². The molecule has 0 unspecified atom stereocenters. The quantitative estimate of drug-likeness (QED) is 0.433. The van der Waals surface area contributed by atoms with Gasteiger partial charge in [-0.3, -0.25) is 5.01 Å². The maximum absolute atomic E-state index is 8.21. The lowest BCUT2D eigenvalue weighted by atomic mass is 10.3. The molecule has 0 aromatic rings. The Labute approximate surface area is 48.2 Å². The van der Waals surface area contributed by atoms with Gasteiger partial charge in [0.25, 0.3) is 0 Å². The van der Waals surface area contributed by atoms with Crippen LogP contribution in [0, 0.1) is 17.8 Å². The first-order valence-corrected chi connectivity index (χ1v) is 2.26. The van der Waals surface area contributed by atoms with Crippen molar-refractivity contribution in [2.24, 2.45) is 5.10 Å². The fourth-order valence-electron chi connectivity index (χ4n) is 0.493. The Kier molecular flexibility index (Phi) is 1.17. The van der Waals surface area contributed by atoms with Gasteiger partial charge in [-0.15, -0.1) is 0 Å². The van der Waals surface area contributed by atoms with E-state index in [0.717, 1.165) is 0 Å². The Morgan fingerprint density at radius 3 is 3.00 bits per heavy atom. The molecule has 8 heavy (non-hydrogen) atoms. The average Bonchev–Trinajstić information content (AvgIpc) is 2.14. The minimum Gasteiger partial charge on any atom is -0.298 e. The van der Waals surface area contributed by atoms with Crippen LogP contribution in [0.3, 0.4) is 0 Å². The third-order valence-electron chi connectivity index (χ3n) is 0.852. The lowest BCUT2D eigenvalue weighted by Gasteiger charge is -1.99. The Morgan fingerprint density at radius 1 is 2.00 bits per heavy atom. The van der Waals surface area contributed by atoms with Gasteiger partial charge in [0.2, 0.25) is 0 Å². The van der Waals surface area contributed by atoms with Crippen LogP contribution < -0.4 is 0 Å². The van der Waals surface area contributed by atoms with Crippen LogP contribution in [0.25, 0.3) is 0 Å². The molecular formula is C5H5N3. The van der Waals surface area contributed by atoms with Gasteiger partial charge >= 0.3 is 0 Å². The highest BCUT2D eigenvalue weighted by Crippen LogP contribution is 1.99. The van der Waals surface area contributed by atoms with E-state index in [9.17, 15) is 0 Å². The Morgan fingerprint density at radius 2 is 2.75 bits per heavy atom. The van der Waals surface area contributed by atoms with Crippen LogP contribution in [0.2, 0.25) is 0 Å². The number of hydrazone groups is 1. The van der Waals surface area contributed by atoms with E-state index < -0.39 is 0 Å². The summed E-state index contributed by atoms with van der Waals surface area (Å²) in [4.78, 5) is 0. The molecule has 3 heteroatoms. The second-order valence-corrected chi connectivity index (χ2v) is 1.55. The first-order chi connectivity index (χ1) is 3.83. The third kappa shape index (κ3) is 0.784. The van der Waals surface area contributed by atoms with Crippen molar-refractivity contribution in [3.63, 3.8) is 0 Å². The van der Waals surface area contributed by atoms with Crippen LogP contribution in [0.1, 0.15) is 0 Å². The fraction of sp³-hybridized carbons (Fsp3) is 0.400. The van der Waals surface area contributed by atoms with Gasteiger partial charge in [0.05, 0.1) is 6.42 Å². The average molecular weight is 107 g/mol. The molecule has 0 saturated heterocycles. The summed E-state index contributed by atoms with van der Waals surface area (Å²) < 4.78 is 0. The van der Waals surface area contributed by atoms with Gasteiger partial charge in [-0.1, -0.05) is 0 Å². The van der Waals surface area contributed by atoms with E-state index in [1.54, 1.807) is 12.1 Å². The molecule has 3 nitrogen and oxygen atoms in total. The van der Waals surface area contributed by atoms with Gasteiger partial charge in [0.1, 0.15) is 11.8 Å². The number of hydrogen-bond donors (Lipinski definition) is 0. The second-order valence-electron chi connectivity index (χ2n) is 1.55. The van der Waals surface area contributed by atoms with E-state index in [2.05, 4.69) is 11.5 Å². The first-order valence-electron chi connectivity index (χ1n) is 2.26. The molecule has 0 atom stereocenters. The van der Waals surface area contributed by atoms with Crippen LogP contribution in [-0.2, 0) is 0 Å². The van der Waals surface area contributed by atoms with E-state index in [0.29, 0.717) is 12.3 Å². The van der Waals surface area contributed by atoms with Crippen LogP contribution >= 0.6 is 0 Å². The minimum atomic E-state index is 0.396. The zero-order chi connectivity index (χ0) is 5.98. The number of nitriles is 1. The van der Waals surface area contributed by atoms with Crippen molar-refractivity contribution in [2.75, 3.05) is 13.6 Å². The zero-order valence-electron chi connectivity index (χ0n) is 4.55. The van der Waals surface area contributed by atoms with Crippen LogP contribution in [0.15, 0.2) is 5.10 Å². The van der Waals surface area contributed by atoms with E-state index >= 15 is 0 Å². The van der Waals surface area contributed by atoms with Crippen molar-refractivity contribution in [3.8, 4) is 6.07 Å². The highest BCUT2D eigenvalue weighted by molar-refractivity contribution is 6.05. The van der Waals surface area contributed by atoms with Gasteiger partial charge in [0, 0.05) is 13.6 Å². The third-order valence-corrected chi connectivity index (χ3v) is 0.852. The maximum Gasteiger partial charge on any atom is 0.147 e. The standard InChI is InChI=1S/C5H5N3/c1-8-3-2-5(4-6)7-8/h3H2,1H3. The van der Waals surface area contributed by atoms with E-state index in [4.69, 9.17) is 5.26 Å². The summed E-state index contributed by atoms with van der Waals surface area (Å²) in [6.45, 7) is 0.642. The molecule has 2 radical (unpaired) electrons. The summed E-state index contributed by atoms with van der Waals surface area (Å²) in [7, 11) is 1.80. The molecule has 1 aliphatic heterocycles. The molecule has 0 aromatic carbocycles. The van der Waals surface area contributed by atoms with Crippen LogP contribution in [-0.4, -0.2) is 24.3 Å². The normalized spacial score (nSPS) is 18.0. The summed E-state index contributed by atoms with van der Waals surface area (Å²) in [5, 5.41) is 13.7. The molecule has 0 aromatic heterocycles. The lowest BCUT2D eigenvalue weighted by molar-refractivity contribution is 0.408. The number of rotatable bonds is 0. The molecule has 1 rings (SSSR count). The van der Waals surface area contributed by atoms with Gasteiger partial charge in [-0.25, -0.2) is 0 Å². The van der Waals surface area contributed by atoms with Crippen molar-refractivity contribution in [3.05, 3.63) is 6.42 Å². The summed E-state index contributed by atoms with van der Waals surface area (Å²) in [5.74, 6) is 0. The molecule has 0 aliphatic carbocycles. The van der Waals surface area contributed by atoms with E-state index in [1.165, 1.54) is 0 Å². The summed E-state index contributed by atoms with van der Waals surface area (Å²) in [6, 6.07) is 1.89. The van der Waals surface area contributed by atoms with Crippen molar-refractivity contribution in [1.82, 2.24) is 5.01 Å². The molecule has 1 heterocycles. The fourth-order valence-corrected chi connectivity index (χ4v) is 0.493. The van der Waals surface area contributed by atoms with Gasteiger partial charge in [-0.2, -0.15) is 10.4 Å². The Bertz CT molecular complexity index is 154. The molecule has 40 valence electrons. The van der Waals surface area contributed by atoms with E-state index in [1.807, 2.05) is 6.07 Å². The Hall–Kier alpha value is -1.04. The summed E-state index contributed by atoms with van der Waals surface area (Å²) in [6.07, 6.45) is 2.77. The SMILES string of the molecule is CN1C[C]C(C#N)=N1. The monoisotopic (exact) mass is 107 g/mol. The molecule has 0 fully saturated rings. The molecule has 0 N–H and O–H groups in total. The molecule has 0 bridgehead atoms. The van der Waals surface area contributed by atoms with Gasteiger partial charge in [-0.05, 0) is 0 Å². The molecule has 0 spiro atoms. The summed E-state index contributed by atoms with van der Waals surface area (Å²) in [5.41, 5.74) is 0.396. The predicted octanol–water partition coefficient (Wildman–Crippen LogP) is -0.107. The topological polar surface area (TPSA) is 39.4 Å². The predicted molar refractivity (Wildman–Crippen MR) is 28.9 cm³/mol. The summed E-state index contributed by atoms with van der Waals surface area (Å²) >= 11 is 0. The van der Waals surface area contributed by atoms with Gasteiger partial charge < -0.3 is 0 Å². The first kappa shape index (κ1) is 5.10. The van der Waals surface area contributed by atoms with Crippen molar-refractivity contribution < 1.29 is 0 Å². The molecule has 0 amide bonds. The molecule has 1 aliphatic rings. The highest BCUT2D eigenvalue weighted by atomic mass is 15.4. The smallest absolute Gasteiger partial charge is 0.147 e. The highest BCUT2D eigenvalue weighted by Gasteiger charge is 2.09. The number of hydrogen-bond acceptors (Lipinski definition) is 3. The zero-order valence-corrected chi connectivity index (χ0v) is 4.55. The van der Waals surface area contributed by atoms with Crippen molar-refractivity contribution in [1.29, 1.82) is 5.26 Å². The molecule has 0 saturated carbocycles. The van der Waals surface area contributed by atoms with Gasteiger partial charge in [0.15, 0.2) is 0 Å². The van der Waals surface area contributed by atoms with Crippen LogP contribution in [0.5, 0.6) is 0 Å².